The predicted octanol–water partition coefficient (Wildman–Crippen LogP) is 6.05. The van der Waals surface area contributed by atoms with Gasteiger partial charge in [0, 0.05) is 42.4 Å². The molecular formula is C57H75N11O8S. The Morgan fingerprint density at radius 2 is 1.51 bits per heavy atom. The summed E-state index contributed by atoms with van der Waals surface area (Å²) in [6.45, 7) is 15.5. The molecule has 5 amide bonds. The van der Waals surface area contributed by atoms with Crippen molar-refractivity contribution in [1.29, 1.82) is 0 Å². The number of β-amino-alcohol motifs (C(OH)–C–C–N with tert-alkyl or cyclic N) is 1. The zero-order valence-corrected chi connectivity index (χ0v) is 46.3. The molecule has 19 nitrogen and oxygen atoms in total. The van der Waals surface area contributed by atoms with Gasteiger partial charge in [-0.05, 0) is 104 Å². The van der Waals surface area contributed by atoms with E-state index in [1.54, 1.807) is 40.5 Å². The fourth-order valence-electron chi connectivity index (χ4n) is 12.2. The topological polar surface area (TPSA) is 237 Å². The van der Waals surface area contributed by atoms with Crippen LogP contribution in [0, 0.1) is 30.1 Å². The molecule has 1 aliphatic heterocycles. The standard InChI is InChI=1S/C57H75N11O8S/c1-35-48(77-34-60-35)40-10-8-36(9-11-40)29-58-53(73)46-25-44(69)33-67(46)54(74)49(55(2,3)4)62-47(70)16-18-75-20-21-76-19-17-66-32-42(64-65-66)30-59-51(71)41-12-14-43(15-13-41)68-50(56(5,6)7)45(31-61-68)52(72)63-57-26-37-22-38(27-57)24-39(23-37)28-57/h8-15,31-32,34,37-39,44,46,49,69H,16-30,33H2,1-7H3,(H,58,73)(H,59,71)(H,62,70)(H,63,72)/t37?,38?,39?,44-,46+,49-,57?/m1/s1. The number of hydrogen-bond acceptors (Lipinski definition) is 13. The summed E-state index contributed by atoms with van der Waals surface area (Å²) in [6, 6.07) is 13.2. The van der Waals surface area contributed by atoms with Crippen LogP contribution in [0.4, 0.5) is 0 Å². The maximum atomic E-state index is 14.0. The predicted molar refractivity (Wildman–Crippen MR) is 290 cm³/mol. The van der Waals surface area contributed by atoms with Crippen LogP contribution in [0.15, 0.2) is 66.4 Å². The van der Waals surface area contributed by atoms with Crippen LogP contribution >= 0.6 is 11.3 Å². The van der Waals surface area contributed by atoms with Crippen molar-refractivity contribution >= 4 is 40.9 Å². The second-order valence-corrected chi connectivity index (χ2v) is 24.7. The Balaban J connectivity index is 0.664. The summed E-state index contributed by atoms with van der Waals surface area (Å²) in [7, 11) is 0. The van der Waals surface area contributed by atoms with Crippen LogP contribution in [0.3, 0.4) is 0 Å². The number of amides is 5. The molecule has 5 aromatic rings. The number of carbonyl (C=O) groups is 5. The first-order valence-corrected chi connectivity index (χ1v) is 28.0. The lowest BCUT2D eigenvalue weighted by Crippen LogP contribution is -2.59. The van der Waals surface area contributed by atoms with Crippen LogP contribution in [0.1, 0.15) is 136 Å². The minimum absolute atomic E-state index is 0.00408. The van der Waals surface area contributed by atoms with Gasteiger partial charge in [-0.1, -0.05) is 71.0 Å². The first-order chi connectivity index (χ1) is 36.7. The maximum absolute atomic E-state index is 14.0. The maximum Gasteiger partial charge on any atom is 0.255 e. The molecule has 4 heterocycles. The second kappa shape index (κ2) is 23.3. The molecule has 412 valence electrons. The first-order valence-electron chi connectivity index (χ1n) is 27.1. The highest BCUT2D eigenvalue weighted by Gasteiger charge is 2.52. The third-order valence-electron chi connectivity index (χ3n) is 15.6. The molecule has 0 radical (unpaired) electrons. The molecule has 77 heavy (non-hydrogen) atoms. The number of aliphatic hydroxyl groups excluding tert-OH is 1. The highest BCUT2D eigenvalue weighted by Crippen LogP contribution is 2.55. The monoisotopic (exact) mass is 1070 g/mol. The molecule has 1 saturated heterocycles. The van der Waals surface area contributed by atoms with Crippen molar-refractivity contribution in [3.63, 3.8) is 0 Å². The third kappa shape index (κ3) is 13.3. The average Bonchev–Trinajstić information content (AvgIpc) is 4.29. The average molecular weight is 1070 g/mol. The van der Waals surface area contributed by atoms with E-state index in [1.807, 2.05) is 74.3 Å². The number of rotatable bonds is 21. The molecule has 4 saturated carbocycles. The zero-order valence-electron chi connectivity index (χ0n) is 45.5. The molecule has 2 aromatic carbocycles. The van der Waals surface area contributed by atoms with E-state index < -0.39 is 29.5 Å². The summed E-state index contributed by atoms with van der Waals surface area (Å²) in [4.78, 5) is 74.6. The number of hydrogen-bond donors (Lipinski definition) is 5. The smallest absolute Gasteiger partial charge is 0.255 e. The summed E-state index contributed by atoms with van der Waals surface area (Å²) in [5.41, 5.74) is 6.78. The van der Waals surface area contributed by atoms with Crippen LogP contribution < -0.4 is 21.3 Å². The molecule has 20 heteroatoms. The molecule has 5 N–H and O–H groups in total. The van der Waals surface area contributed by atoms with Gasteiger partial charge in [0.1, 0.15) is 17.8 Å². The number of likely N-dealkylation sites (tertiary alicyclic amines) is 1. The molecule has 3 aromatic heterocycles. The molecule has 10 rings (SSSR count). The number of nitrogens with one attached hydrogen (secondary N) is 4. The lowest BCUT2D eigenvalue weighted by molar-refractivity contribution is -0.144. The quantitative estimate of drug-likeness (QED) is 0.0528. The van der Waals surface area contributed by atoms with Gasteiger partial charge in [0.2, 0.25) is 17.7 Å². The SMILES string of the molecule is Cc1ncsc1-c1ccc(CNC(=O)[C@@H]2C[C@@H](O)CN2C(=O)[C@@H](NC(=O)CCOCCOCCn2cc(CNC(=O)c3ccc(-n4ncc(C(=O)NC56CC7CC(CC(C7)C5)C6)c4C(C)(C)C)cc3)nn2)C(C)(C)C)cc1. The van der Waals surface area contributed by atoms with Crippen LogP contribution in [0.5, 0.6) is 0 Å². The number of nitrogens with zero attached hydrogens (tertiary/aromatic N) is 7. The Bertz CT molecular complexity index is 2860. The normalized spacial score (nSPS) is 22.2. The molecule has 0 spiro atoms. The van der Waals surface area contributed by atoms with E-state index >= 15 is 0 Å². The highest BCUT2D eigenvalue weighted by atomic mass is 32.1. The Morgan fingerprint density at radius 1 is 0.831 bits per heavy atom. The van der Waals surface area contributed by atoms with E-state index in [2.05, 4.69) is 57.3 Å². The lowest BCUT2D eigenvalue weighted by atomic mass is 9.53. The Morgan fingerprint density at radius 3 is 2.14 bits per heavy atom. The van der Waals surface area contributed by atoms with Crippen LogP contribution in [0.25, 0.3) is 16.1 Å². The molecule has 5 aliphatic rings. The van der Waals surface area contributed by atoms with Gasteiger partial charge in [-0.25, -0.2) is 14.3 Å². The van der Waals surface area contributed by atoms with Gasteiger partial charge in [0.25, 0.3) is 11.8 Å². The van der Waals surface area contributed by atoms with Gasteiger partial charge in [0.15, 0.2) is 0 Å². The van der Waals surface area contributed by atoms with E-state index in [0.29, 0.717) is 30.0 Å². The van der Waals surface area contributed by atoms with Gasteiger partial charge in [-0.3, -0.25) is 24.0 Å². The number of aryl methyl sites for hydroxylation is 1. The van der Waals surface area contributed by atoms with Crippen LogP contribution in [-0.2, 0) is 48.9 Å². The van der Waals surface area contributed by atoms with E-state index in [0.717, 1.165) is 70.1 Å². The molecule has 4 aliphatic carbocycles. The highest BCUT2D eigenvalue weighted by molar-refractivity contribution is 7.13. The van der Waals surface area contributed by atoms with E-state index in [-0.39, 0.29) is 86.9 Å². The Kier molecular flexibility index (Phi) is 16.8. The zero-order chi connectivity index (χ0) is 54.6. The van der Waals surface area contributed by atoms with Gasteiger partial charge in [0.05, 0.1) is 91.0 Å². The van der Waals surface area contributed by atoms with Crippen molar-refractivity contribution in [2.24, 2.45) is 23.2 Å². The first kappa shape index (κ1) is 55.4. The molecular weight excluding hydrogens is 999 g/mol. The molecule has 4 bridgehead atoms. The van der Waals surface area contributed by atoms with Crippen molar-refractivity contribution in [1.82, 2.24) is 55.9 Å². The fraction of sp³-hybridized carbons (Fsp3) is 0.561. The molecule has 0 unspecified atom stereocenters. The van der Waals surface area contributed by atoms with Gasteiger partial charge in [-0.2, -0.15) is 5.10 Å². The largest absolute Gasteiger partial charge is 0.391 e. The second-order valence-electron chi connectivity index (χ2n) is 23.8. The molecule has 3 atom stereocenters. The van der Waals surface area contributed by atoms with Crippen molar-refractivity contribution in [3.8, 4) is 16.1 Å². The lowest BCUT2D eigenvalue weighted by Gasteiger charge is -2.56. The third-order valence-corrected chi connectivity index (χ3v) is 16.5. The Hall–Kier alpha value is -6.35. The van der Waals surface area contributed by atoms with Crippen molar-refractivity contribution in [2.75, 3.05) is 33.0 Å². The van der Waals surface area contributed by atoms with Gasteiger partial charge in [-0.15, -0.1) is 16.4 Å². The van der Waals surface area contributed by atoms with Crippen molar-refractivity contribution in [2.45, 2.75) is 149 Å². The van der Waals surface area contributed by atoms with Crippen LogP contribution in [-0.4, -0.2) is 126 Å². The van der Waals surface area contributed by atoms with Crippen molar-refractivity contribution in [3.05, 3.63) is 100 Å². The van der Waals surface area contributed by atoms with Gasteiger partial charge < -0.3 is 40.7 Å². The minimum Gasteiger partial charge on any atom is -0.391 e. The number of aliphatic hydroxyl groups is 1. The summed E-state index contributed by atoms with van der Waals surface area (Å²) in [5, 5.41) is 35.9. The fourth-order valence-corrected chi connectivity index (χ4v) is 13.0. The Labute approximate surface area is 454 Å². The number of ether oxygens (including phenoxy) is 2. The number of thiazole rings is 1. The summed E-state index contributed by atoms with van der Waals surface area (Å²) in [5.74, 6) is 0.673. The van der Waals surface area contributed by atoms with E-state index in [1.165, 1.54) is 24.2 Å². The van der Waals surface area contributed by atoms with E-state index in [4.69, 9.17) is 14.6 Å². The number of benzene rings is 2. The van der Waals surface area contributed by atoms with Crippen LogP contribution in [0.2, 0.25) is 0 Å². The number of aromatic nitrogens is 6. The summed E-state index contributed by atoms with van der Waals surface area (Å²) < 4.78 is 14.8. The summed E-state index contributed by atoms with van der Waals surface area (Å²) in [6.07, 6.45) is 9.81. The molecule has 5 fully saturated rings. The van der Waals surface area contributed by atoms with Crippen molar-refractivity contribution < 1.29 is 38.6 Å². The van der Waals surface area contributed by atoms with Gasteiger partial charge >= 0.3 is 0 Å². The van der Waals surface area contributed by atoms with E-state index in [9.17, 15) is 29.1 Å². The number of carbonyl (C=O) groups excluding carboxylic acids is 5. The summed E-state index contributed by atoms with van der Waals surface area (Å²) >= 11 is 1.57. The minimum atomic E-state index is -0.948.